The molecule has 15 heavy (non-hydrogen) atoms. The van der Waals surface area contributed by atoms with Crippen molar-refractivity contribution in [1.29, 1.82) is 0 Å². The molecule has 0 heterocycles. The largest absolute Gasteiger partial charge is 0.388 e. The summed E-state index contributed by atoms with van der Waals surface area (Å²) in [5, 5.41) is 9.84. The normalized spacial score (nSPS) is 12.8. The lowest BCUT2D eigenvalue weighted by molar-refractivity contribution is 0.158. The van der Waals surface area contributed by atoms with Crippen molar-refractivity contribution in [1.82, 2.24) is 0 Å². The van der Waals surface area contributed by atoms with Crippen LogP contribution in [0, 0.1) is 5.82 Å². The number of unbranched alkanes of at least 4 members (excludes halogenated alkanes) is 2. The quantitative estimate of drug-likeness (QED) is 0.798. The SMILES string of the molecule is CCCCCC(O)c1c(F)cccc1Br. The highest BCUT2D eigenvalue weighted by Crippen LogP contribution is 2.29. The molecule has 0 bridgehead atoms. The fourth-order valence-corrected chi connectivity index (χ4v) is 2.17. The lowest BCUT2D eigenvalue weighted by atomic mass is 10.0. The van der Waals surface area contributed by atoms with Crippen LogP contribution in [0.25, 0.3) is 0 Å². The molecule has 0 spiro atoms. The monoisotopic (exact) mass is 274 g/mol. The molecule has 0 aliphatic rings. The van der Waals surface area contributed by atoms with Gasteiger partial charge in [0.25, 0.3) is 0 Å². The summed E-state index contributed by atoms with van der Waals surface area (Å²) in [6.07, 6.45) is 3.02. The van der Waals surface area contributed by atoms with Gasteiger partial charge in [0.2, 0.25) is 0 Å². The summed E-state index contributed by atoms with van der Waals surface area (Å²) in [4.78, 5) is 0. The summed E-state index contributed by atoms with van der Waals surface area (Å²) in [6, 6.07) is 4.76. The van der Waals surface area contributed by atoms with Crippen molar-refractivity contribution in [3.63, 3.8) is 0 Å². The fraction of sp³-hybridized carbons (Fsp3) is 0.500. The van der Waals surface area contributed by atoms with Crippen LogP contribution in [0.4, 0.5) is 4.39 Å². The molecule has 0 aliphatic heterocycles. The van der Waals surface area contributed by atoms with E-state index in [2.05, 4.69) is 22.9 Å². The number of hydrogen-bond donors (Lipinski definition) is 1. The molecule has 0 amide bonds. The van der Waals surface area contributed by atoms with Crippen LogP contribution in [0.3, 0.4) is 0 Å². The summed E-state index contributed by atoms with van der Waals surface area (Å²) in [6.45, 7) is 2.10. The molecule has 1 atom stereocenters. The fourth-order valence-electron chi connectivity index (χ4n) is 1.56. The Kier molecular flexibility index (Phi) is 5.26. The lowest BCUT2D eigenvalue weighted by Gasteiger charge is -2.13. The first-order chi connectivity index (χ1) is 7.16. The van der Waals surface area contributed by atoms with Gasteiger partial charge in [0, 0.05) is 10.0 Å². The molecule has 0 radical (unpaired) electrons. The summed E-state index contributed by atoms with van der Waals surface area (Å²) >= 11 is 3.26. The Morgan fingerprint density at radius 1 is 1.40 bits per heavy atom. The smallest absolute Gasteiger partial charge is 0.130 e. The number of aliphatic hydroxyl groups excluding tert-OH is 1. The topological polar surface area (TPSA) is 20.2 Å². The maximum absolute atomic E-state index is 13.4. The maximum atomic E-state index is 13.4. The van der Waals surface area contributed by atoms with Crippen molar-refractivity contribution in [3.8, 4) is 0 Å². The van der Waals surface area contributed by atoms with Crippen LogP contribution in [-0.2, 0) is 0 Å². The predicted octanol–water partition coefficient (Wildman–Crippen LogP) is 4.20. The van der Waals surface area contributed by atoms with Gasteiger partial charge in [-0.05, 0) is 18.6 Å². The van der Waals surface area contributed by atoms with E-state index in [-0.39, 0.29) is 5.82 Å². The average Bonchev–Trinajstić information content (AvgIpc) is 2.18. The molecule has 1 N–H and O–H groups in total. The zero-order valence-corrected chi connectivity index (χ0v) is 10.4. The molecule has 0 saturated heterocycles. The first-order valence-electron chi connectivity index (χ1n) is 5.28. The molecule has 0 fully saturated rings. The molecular weight excluding hydrogens is 259 g/mol. The summed E-state index contributed by atoms with van der Waals surface area (Å²) < 4.78 is 14.1. The van der Waals surface area contributed by atoms with Gasteiger partial charge in [0.05, 0.1) is 6.10 Å². The van der Waals surface area contributed by atoms with E-state index in [0.29, 0.717) is 16.5 Å². The minimum Gasteiger partial charge on any atom is -0.388 e. The first-order valence-corrected chi connectivity index (χ1v) is 6.08. The van der Waals surface area contributed by atoms with Crippen LogP contribution < -0.4 is 0 Å². The van der Waals surface area contributed by atoms with Gasteiger partial charge in [-0.15, -0.1) is 0 Å². The Labute approximate surface area is 98.4 Å². The zero-order valence-electron chi connectivity index (χ0n) is 8.84. The second-order valence-corrected chi connectivity index (χ2v) is 4.50. The lowest BCUT2D eigenvalue weighted by Crippen LogP contribution is -2.01. The third kappa shape index (κ3) is 3.58. The highest BCUT2D eigenvalue weighted by atomic mass is 79.9. The molecule has 0 aliphatic carbocycles. The minimum atomic E-state index is -0.702. The average molecular weight is 275 g/mol. The Morgan fingerprint density at radius 3 is 2.73 bits per heavy atom. The number of halogens is 2. The van der Waals surface area contributed by atoms with Crippen LogP contribution in [0.1, 0.15) is 44.3 Å². The third-order valence-electron chi connectivity index (χ3n) is 2.41. The molecule has 1 nitrogen and oxygen atoms in total. The van der Waals surface area contributed by atoms with Gasteiger partial charge in [-0.2, -0.15) is 0 Å². The van der Waals surface area contributed by atoms with E-state index in [1.165, 1.54) is 6.07 Å². The van der Waals surface area contributed by atoms with Crippen LogP contribution in [0.2, 0.25) is 0 Å². The van der Waals surface area contributed by atoms with Crippen LogP contribution >= 0.6 is 15.9 Å². The molecule has 3 heteroatoms. The highest BCUT2D eigenvalue weighted by molar-refractivity contribution is 9.10. The Hall–Kier alpha value is -0.410. The van der Waals surface area contributed by atoms with Crippen LogP contribution in [-0.4, -0.2) is 5.11 Å². The second-order valence-electron chi connectivity index (χ2n) is 3.65. The Balaban J connectivity index is 2.68. The van der Waals surface area contributed by atoms with E-state index in [9.17, 15) is 9.50 Å². The van der Waals surface area contributed by atoms with Crippen LogP contribution in [0.5, 0.6) is 0 Å². The van der Waals surface area contributed by atoms with Gasteiger partial charge >= 0.3 is 0 Å². The molecule has 1 aromatic carbocycles. The van der Waals surface area contributed by atoms with E-state index in [4.69, 9.17) is 0 Å². The van der Waals surface area contributed by atoms with Crippen molar-refractivity contribution in [2.24, 2.45) is 0 Å². The number of hydrogen-bond acceptors (Lipinski definition) is 1. The number of benzene rings is 1. The van der Waals surface area contributed by atoms with E-state index >= 15 is 0 Å². The van der Waals surface area contributed by atoms with Crippen molar-refractivity contribution < 1.29 is 9.50 Å². The van der Waals surface area contributed by atoms with E-state index < -0.39 is 6.10 Å². The third-order valence-corrected chi connectivity index (χ3v) is 3.11. The Morgan fingerprint density at radius 2 is 2.13 bits per heavy atom. The molecular formula is C12H16BrFO. The minimum absolute atomic E-state index is 0.339. The standard InChI is InChI=1S/C12H16BrFO/c1-2-3-4-8-11(15)12-9(13)6-5-7-10(12)14/h5-7,11,15H,2-4,8H2,1H3. The van der Waals surface area contributed by atoms with E-state index in [1.54, 1.807) is 12.1 Å². The van der Waals surface area contributed by atoms with Gasteiger partial charge in [-0.25, -0.2) is 4.39 Å². The Bertz CT molecular complexity index is 294. The molecule has 0 saturated carbocycles. The van der Waals surface area contributed by atoms with Crippen molar-refractivity contribution >= 4 is 15.9 Å². The highest BCUT2D eigenvalue weighted by Gasteiger charge is 2.15. The molecule has 1 rings (SSSR count). The number of aliphatic hydroxyl groups is 1. The molecule has 1 aromatic rings. The predicted molar refractivity (Wildman–Crippen MR) is 63.2 cm³/mol. The maximum Gasteiger partial charge on any atom is 0.130 e. The first kappa shape index (κ1) is 12.7. The van der Waals surface area contributed by atoms with Gasteiger partial charge in [0.1, 0.15) is 5.82 Å². The van der Waals surface area contributed by atoms with Crippen LogP contribution in [0.15, 0.2) is 22.7 Å². The van der Waals surface area contributed by atoms with Gasteiger partial charge in [0.15, 0.2) is 0 Å². The van der Waals surface area contributed by atoms with Crippen molar-refractivity contribution in [3.05, 3.63) is 34.1 Å². The summed E-state index contributed by atoms with van der Waals surface area (Å²) in [5.74, 6) is -0.339. The van der Waals surface area contributed by atoms with Gasteiger partial charge < -0.3 is 5.11 Å². The number of rotatable bonds is 5. The second kappa shape index (κ2) is 6.23. The molecule has 84 valence electrons. The van der Waals surface area contributed by atoms with Gasteiger partial charge in [-0.1, -0.05) is 48.2 Å². The molecule has 1 unspecified atom stereocenters. The van der Waals surface area contributed by atoms with Gasteiger partial charge in [-0.3, -0.25) is 0 Å². The van der Waals surface area contributed by atoms with E-state index in [0.717, 1.165) is 19.3 Å². The molecule has 0 aromatic heterocycles. The zero-order chi connectivity index (χ0) is 11.3. The van der Waals surface area contributed by atoms with Crippen molar-refractivity contribution in [2.75, 3.05) is 0 Å². The summed E-state index contributed by atoms with van der Waals surface area (Å²) in [5.41, 5.74) is 0.383. The van der Waals surface area contributed by atoms with Crippen molar-refractivity contribution in [2.45, 2.75) is 38.7 Å². The van der Waals surface area contributed by atoms with E-state index in [1.807, 2.05) is 0 Å². The summed E-state index contributed by atoms with van der Waals surface area (Å²) in [7, 11) is 0.